The van der Waals surface area contributed by atoms with Crippen molar-refractivity contribution < 1.29 is 13.2 Å². The van der Waals surface area contributed by atoms with Gasteiger partial charge in [-0.2, -0.15) is 4.31 Å². The number of carbonyl (C=O) groups excluding carboxylic acids is 1. The summed E-state index contributed by atoms with van der Waals surface area (Å²) in [6, 6.07) is 19.9. The fourth-order valence-corrected chi connectivity index (χ4v) is 5.05. The van der Waals surface area contributed by atoms with Gasteiger partial charge in [-0.1, -0.05) is 48.5 Å². The summed E-state index contributed by atoms with van der Waals surface area (Å²) < 4.78 is 28.0. The van der Waals surface area contributed by atoms with E-state index in [-0.39, 0.29) is 10.7 Å². The Balaban J connectivity index is 1.90. The highest BCUT2D eigenvalue weighted by Crippen LogP contribution is 2.22. The largest absolute Gasteiger partial charge is 0.295 e. The van der Waals surface area contributed by atoms with Crippen LogP contribution in [0.2, 0.25) is 0 Å². The Kier molecular flexibility index (Phi) is 6.21. The quantitative estimate of drug-likeness (QED) is 0.528. The van der Waals surface area contributed by atoms with Gasteiger partial charge in [-0.05, 0) is 42.5 Å². The summed E-state index contributed by atoms with van der Waals surface area (Å²) >= 11 is 1.53. The minimum absolute atomic E-state index is 0.152. The van der Waals surface area contributed by atoms with Gasteiger partial charge < -0.3 is 0 Å². The van der Waals surface area contributed by atoms with E-state index in [1.807, 2.05) is 47.8 Å². The van der Waals surface area contributed by atoms with E-state index in [0.717, 1.165) is 10.4 Å². The number of carbonyl (C=O) groups is 1. The molecule has 140 valence electrons. The highest BCUT2D eigenvalue weighted by Gasteiger charge is 2.25. The fourth-order valence-electron chi connectivity index (χ4n) is 2.78. The predicted octanol–water partition coefficient (Wildman–Crippen LogP) is 4.38. The van der Waals surface area contributed by atoms with Gasteiger partial charge in [-0.15, -0.1) is 11.3 Å². The normalized spacial score (nSPS) is 11.6. The highest BCUT2D eigenvalue weighted by atomic mass is 32.2. The number of sulfonamides is 1. The Labute approximate surface area is 164 Å². The molecule has 0 spiro atoms. The molecule has 6 heteroatoms. The number of hydrogen-bond acceptors (Lipinski definition) is 4. The molecule has 3 rings (SSSR count). The number of nitrogens with zero attached hydrogens (tertiary/aromatic N) is 1. The molecule has 0 amide bonds. The van der Waals surface area contributed by atoms with Crippen molar-refractivity contribution in [1.29, 1.82) is 0 Å². The first-order valence-electron chi connectivity index (χ1n) is 8.64. The zero-order valence-electron chi connectivity index (χ0n) is 15.0. The van der Waals surface area contributed by atoms with Crippen LogP contribution in [-0.4, -0.2) is 25.1 Å². The second kappa shape index (κ2) is 8.61. The van der Waals surface area contributed by atoms with E-state index in [1.165, 1.54) is 28.6 Å². The van der Waals surface area contributed by atoms with Gasteiger partial charge in [0.25, 0.3) is 0 Å². The van der Waals surface area contributed by atoms with E-state index < -0.39 is 10.0 Å². The summed E-state index contributed by atoms with van der Waals surface area (Å²) in [4.78, 5) is 12.8. The van der Waals surface area contributed by atoms with Crippen molar-refractivity contribution in [2.75, 3.05) is 6.54 Å². The Morgan fingerprint density at radius 1 is 1.00 bits per heavy atom. The van der Waals surface area contributed by atoms with Gasteiger partial charge in [0.05, 0.1) is 4.90 Å². The fraction of sp³-hybridized carbons (Fsp3) is 0.190. The Hall–Kier alpha value is -2.28. The van der Waals surface area contributed by atoms with Crippen molar-refractivity contribution in [1.82, 2.24) is 4.31 Å². The Morgan fingerprint density at radius 3 is 2.44 bits per heavy atom. The number of rotatable bonds is 8. The number of hydrogen-bond donors (Lipinski definition) is 0. The Morgan fingerprint density at radius 2 is 1.78 bits per heavy atom. The van der Waals surface area contributed by atoms with Crippen LogP contribution >= 0.6 is 11.3 Å². The molecule has 3 aromatic rings. The molecule has 0 aliphatic heterocycles. The highest BCUT2D eigenvalue weighted by molar-refractivity contribution is 7.89. The van der Waals surface area contributed by atoms with Crippen LogP contribution in [0.3, 0.4) is 0 Å². The zero-order chi connectivity index (χ0) is 19.3. The van der Waals surface area contributed by atoms with Crippen molar-refractivity contribution >= 4 is 27.1 Å². The van der Waals surface area contributed by atoms with Gasteiger partial charge in [-0.3, -0.25) is 4.79 Å². The smallest absolute Gasteiger partial charge is 0.243 e. The maximum absolute atomic E-state index is 13.3. The SMILES string of the molecule is CC(=O)c1cccc(S(=O)(=O)N(CCc2ccccc2)Cc2cccs2)c1. The van der Waals surface area contributed by atoms with Gasteiger partial charge in [0.2, 0.25) is 10.0 Å². The molecule has 4 nitrogen and oxygen atoms in total. The Bertz CT molecular complexity index is 997. The third-order valence-electron chi connectivity index (χ3n) is 4.28. The van der Waals surface area contributed by atoms with Crippen molar-refractivity contribution in [3.05, 3.63) is 88.1 Å². The number of benzene rings is 2. The standard InChI is InChI=1S/C21H21NO3S2/c1-17(23)19-9-5-11-21(15-19)27(24,25)22(16-20-10-6-14-26-20)13-12-18-7-3-2-4-8-18/h2-11,14-15H,12-13,16H2,1H3. The van der Waals surface area contributed by atoms with Crippen LogP contribution in [0.25, 0.3) is 0 Å². The van der Waals surface area contributed by atoms with Gasteiger partial charge in [0.1, 0.15) is 0 Å². The monoisotopic (exact) mass is 399 g/mol. The topological polar surface area (TPSA) is 54.5 Å². The van der Waals surface area contributed by atoms with E-state index in [4.69, 9.17) is 0 Å². The molecule has 0 atom stereocenters. The van der Waals surface area contributed by atoms with E-state index in [0.29, 0.717) is 25.1 Å². The van der Waals surface area contributed by atoms with Gasteiger partial charge in [0, 0.05) is 23.5 Å². The lowest BCUT2D eigenvalue weighted by Gasteiger charge is -2.22. The molecule has 0 saturated carbocycles. The summed E-state index contributed by atoms with van der Waals surface area (Å²) in [7, 11) is -3.72. The van der Waals surface area contributed by atoms with Gasteiger partial charge >= 0.3 is 0 Å². The van der Waals surface area contributed by atoms with Crippen molar-refractivity contribution in [3.8, 4) is 0 Å². The molecule has 2 aromatic carbocycles. The van der Waals surface area contributed by atoms with Gasteiger partial charge in [0.15, 0.2) is 5.78 Å². The molecule has 0 N–H and O–H groups in total. The average Bonchev–Trinajstić information content (AvgIpc) is 3.19. The predicted molar refractivity (Wildman–Crippen MR) is 109 cm³/mol. The van der Waals surface area contributed by atoms with E-state index >= 15 is 0 Å². The van der Waals surface area contributed by atoms with Crippen LogP contribution in [0.1, 0.15) is 27.7 Å². The lowest BCUT2D eigenvalue weighted by molar-refractivity contribution is 0.101. The molecule has 27 heavy (non-hydrogen) atoms. The minimum atomic E-state index is -3.72. The molecule has 0 bridgehead atoms. The summed E-state index contributed by atoms with van der Waals surface area (Å²) in [5.41, 5.74) is 1.48. The van der Waals surface area contributed by atoms with Crippen LogP contribution in [0.5, 0.6) is 0 Å². The molecule has 0 fully saturated rings. The first-order chi connectivity index (χ1) is 13.0. The second-order valence-electron chi connectivity index (χ2n) is 6.24. The van der Waals surface area contributed by atoms with Crippen LogP contribution in [0.15, 0.2) is 77.0 Å². The first-order valence-corrected chi connectivity index (χ1v) is 11.0. The molecular weight excluding hydrogens is 378 g/mol. The molecule has 0 aliphatic carbocycles. The number of Topliss-reactive ketones (excluding diaryl/α,β-unsaturated/α-hetero) is 1. The molecule has 1 heterocycles. The summed E-state index contributed by atoms with van der Waals surface area (Å²) in [6.07, 6.45) is 0.623. The van der Waals surface area contributed by atoms with Crippen molar-refractivity contribution in [3.63, 3.8) is 0 Å². The van der Waals surface area contributed by atoms with Crippen LogP contribution < -0.4 is 0 Å². The lowest BCUT2D eigenvalue weighted by Crippen LogP contribution is -2.32. The van der Waals surface area contributed by atoms with E-state index in [2.05, 4.69) is 0 Å². The third-order valence-corrected chi connectivity index (χ3v) is 6.99. The van der Waals surface area contributed by atoms with Crippen LogP contribution in [0.4, 0.5) is 0 Å². The summed E-state index contributed by atoms with van der Waals surface area (Å²) in [6.45, 7) is 2.12. The van der Waals surface area contributed by atoms with E-state index in [1.54, 1.807) is 18.2 Å². The number of thiophene rings is 1. The molecule has 0 radical (unpaired) electrons. The third kappa shape index (κ3) is 4.91. The number of ketones is 1. The second-order valence-corrected chi connectivity index (χ2v) is 9.21. The maximum Gasteiger partial charge on any atom is 0.243 e. The van der Waals surface area contributed by atoms with E-state index in [9.17, 15) is 13.2 Å². The summed E-state index contributed by atoms with van der Waals surface area (Å²) in [5.74, 6) is -0.152. The lowest BCUT2D eigenvalue weighted by atomic mass is 10.1. The van der Waals surface area contributed by atoms with Crippen LogP contribution in [0, 0.1) is 0 Å². The average molecular weight is 400 g/mol. The minimum Gasteiger partial charge on any atom is -0.295 e. The molecule has 0 aliphatic rings. The molecule has 1 aromatic heterocycles. The van der Waals surface area contributed by atoms with Gasteiger partial charge in [-0.25, -0.2) is 8.42 Å². The molecule has 0 unspecified atom stereocenters. The first kappa shape index (κ1) is 19.5. The van der Waals surface area contributed by atoms with Crippen molar-refractivity contribution in [2.45, 2.75) is 24.8 Å². The maximum atomic E-state index is 13.3. The molecular formula is C21H21NO3S2. The zero-order valence-corrected chi connectivity index (χ0v) is 16.7. The summed E-state index contributed by atoms with van der Waals surface area (Å²) in [5, 5.41) is 1.94. The van der Waals surface area contributed by atoms with Crippen LogP contribution in [-0.2, 0) is 23.0 Å². The van der Waals surface area contributed by atoms with Crippen molar-refractivity contribution in [2.24, 2.45) is 0 Å². The molecule has 0 saturated heterocycles.